The first kappa shape index (κ1) is 12.4. The molecule has 88 valence electrons. The molecule has 0 spiro atoms. The minimum atomic E-state index is -0.232. The van der Waals surface area contributed by atoms with Crippen molar-refractivity contribution in [2.24, 2.45) is 0 Å². The zero-order valence-electron chi connectivity index (χ0n) is 10.2. The van der Waals surface area contributed by atoms with E-state index in [-0.39, 0.29) is 12.1 Å². The average molecular weight is 221 g/mol. The van der Waals surface area contributed by atoms with E-state index in [2.05, 4.69) is 10.6 Å². The summed E-state index contributed by atoms with van der Waals surface area (Å²) in [6, 6.07) is 3.61. The SMILES string of the molecule is Cc1cc(N)c(NC(=O)NC(C)C)cc1C. The molecule has 0 aliphatic carbocycles. The molecular weight excluding hydrogens is 202 g/mol. The van der Waals surface area contributed by atoms with Gasteiger partial charge >= 0.3 is 6.03 Å². The van der Waals surface area contributed by atoms with Crippen LogP contribution < -0.4 is 16.4 Å². The lowest BCUT2D eigenvalue weighted by molar-refractivity contribution is 0.250. The molecule has 1 rings (SSSR count). The molecule has 0 aliphatic rings. The van der Waals surface area contributed by atoms with Crippen LogP contribution in [0.3, 0.4) is 0 Å². The molecular formula is C12H19N3O. The normalized spacial score (nSPS) is 10.3. The van der Waals surface area contributed by atoms with Gasteiger partial charge in [-0.05, 0) is 51.0 Å². The molecule has 2 amide bonds. The van der Waals surface area contributed by atoms with Crippen LogP contribution in [0.15, 0.2) is 12.1 Å². The molecule has 4 heteroatoms. The molecule has 0 radical (unpaired) electrons. The van der Waals surface area contributed by atoms with Crippen LogP contribution in [-0.4, -0.2) is 12.1 Å². The molecule has 4 nitrogen and oxygen atoms in total. The summed E-state index contributed by atoms with van der Waals surface area (Å²) < 4.78 is 0. The minimum Gasteiger partial charge on any atom is -0.397 e. The van der Waals surface area contributed by atoms with Crippen LogP contribution >= 0.6 is 0 Å². The summed E-state index contributed by atoms with van der Waals surface area (Å²) in [6.07, 6.45) is 0. The second-order valence-corrected chi connectivity index (χ2v) is 4.28. The van der Waals surface area contributed by atoms with E-state index in [1.165, 1.54) is 0 Å². The Labute approximate surface area is 96.2 Å². The van der Waals surface area contributed by atoms with E-state index in [4.69, 9.17) is 5.73 Å². The second-order valence-electron chi connectivity index (χ2n) is 4.28. The molecule has 0 heterocycles. The number of anilines is 2. The van der Waals surface area contributed by atoms with Crippen LogP contribution in [0.25, 0.3) is 0 Å². The van der Waals surface area contributed by atoms with Crippen molar-refractivity contribution in [1.82, 2.24) is 5.32 Å². The van der Waals surface area contributed by atoms with Crippen LogP contribution in [-0.2, 0) is 0 Å². The maximum Gasteiger partial charge on any atom is 0.319 e. The highest BCUT2D eigenvalue weighted by Crippen LogP contribution is 2.22. The molecule has 0 aliphatic heterocycles. The third kappa shape index (κ3) is 3.15. The Morgan fingerprint density at radius 2 is 1.81 bits per heavy atom. The van der Waals surface area contributed by atoms with E-state index >= 15 is 0 Å². The number of aryl methyl sites for hydroxylation is 2. The summed E-state index contributed by atoms with van der Waals surface area (Å²) in [5.41, 5.74) is 9.29. The van der Waals surface area contributed by atoms with Crippen LogP contribution in [0.1, 0.15) is 25.0 Å². The Morgan fingerprint density at radius 1 is 1.25 bits per heavy atom. The second kappa shape index (κ2) is 4.88. The monoisotopic (exact) mass is 221 g/mol. The van der Waals surface area contributed by atoms with E-state index in [1.807, 2.05) is 39.8 Å². The van der Waals surface area contributed by atoms with Crippen LogP contribution in [0, 0.1) is 13.8 Å². The number of hydrogen-bond donors (Lipinski definition) is 3. The molecule has 0 unspecified atom stereocenters. The van der Waals surface area contributed by atoms with Gasteiger partial charge in [-0.2, -0.15) is 0 Å². The first-order valence-corrected chi connectivity index (χ1v) is 5.34. The van der Waals surface area contributed by atoms with Gasteiger partial charge in [-0.25, -0.2) is 4.79 Å². The van der Waals surface area contributed by atoms with Crippen LogP contribution in [0.5, 0.6) is 0 Å². The lowest BCUT2D eigenvalue weighted by Crippen LogP contribution is -2.34. The zero-order chi connectivity index (χ0) is 12.3. The smallest absolute Gasteiger partial charge is 0.319 e. The third-order valence-corrected chi connectivity index (χ3v) is 2.33. The van der Waals surface area contributed by atoms with E-state index in [0.29, 0.717) is 11.4 Å². The molecule has 1 aromatic rings. The Kier molecular flexibility index (Phi) is 3.77. The highest BCUT2D eigenvalue weighted by atomic mass is 16.2. The number of nitrogens with two attached hydrogens (primary N) is 1. The number of nitrogen functional groups attached to an aromatic ring is 1. The topological polar surface area (TPSA) is 67.1 Å². The van der Waals surface area contributed by atoms with E-state index < -0.39 is 0 Å². The summed E-state index contributed by atoms with van der Waals surface area (Å²) in [7, 11) is 0. The van der Waals surface area contributed by atoms with Crippen molar-refractivity contribution in [3.05, 3.63) is 23.3 Å². The van der Waals surface area contributed by atoms with Gasteiger partial charge in [0.15, 0.2) is 0 Å². The highest BCUT2D eigenvalue weighted by molar-refractivity contribution is 5.93. The number of carbonyl (C=O) groups excluding carboxylic acids is 1. The predicted octanol–water partition coefficient (Wildman–Crippen LogP) is 2.42. The molecule has 0 bridgehead atoms. The van der Waals surface area contributed by atoms with Crippen LogP contribution in [0.2, 0.25) is 0 Å². The molecule has 0 aromatic heterocycles. The molecule has 4 N–H and O–H groups in total. The van der Waals surface area contributed by atoms with Gasteiger partial charge in [0.2, 0.25) is 0 Å². The number of benzene rings is 1. The van der Waals surface area contributed by atoms with Crippen molar-refractivity contribution < 1.29 is 4.79 Å². The Morgan fingerprint density at radius 3 is 2.38 bits per heavy atom. The fourth-order valence-electron chi connectivity index (χ4n) is 1.37. The van der Waals surface area contributed by atoms with Crippen molar-refractivity contribution in [1.29, 1.82) is 0 Å². The molecule has 0 saturated heterocycles. The summed E-state index contributed by atoms with van der Waals surface area (Å²) >= 11 is 0. The summed E-state index contributed by atoms with van der Waals surface area (Å²) in [4.78, 5) is 11.5. The van der Waals surface area contributed by atoms with Crippen molar-refractivity contribution in [3.8, 4) is 0 Å². The Balaban J connectivity index is 2.81. The quantitative estimate of drug-likeness (QED) is 0.671. The van der Waals surface area contributed by atoms with Gasteiger partial charge in [0.05, 0.1) is 11.4 Å². The largest absolute Gasteiger partial charge is 0.397 e. The van der Waals surface area contributed by atoms with Crippen LogP contribution in [0.4, 0.5) is 16.2 Å². The van der Waals surface area contributed by atoms with Crippen molar-refractivity contribution in [2.45, 2.75) is 33.7 Å². The maximum absolute atomic E-state index is 11.5. The van der Waals surface area contributed by atoms with Crippen molar-refractivity contribution >= 4 is 17.4 Å². The Bertz CT molecular complexity index is 399. The van der Waals surface area contributed by atoms with Gasteiger partial charge in [-0.15, -0.1) is 0 Å². The van der Waals surface area contributed by atoms with Gasteiger partial charge < -0.3 is 16.4 Å². The van der Waals surface area contributed by atoms with Gasteiger partial charge in [0, 0.05) is 6.04 Å². The molecule has 1 aromatic carbocycles. The number of amides is 2. The molecule has 0 fully saturated rings. The third-order valence-electron chi connectivity index (χ3n) is 2.33. The van der Waals surface area contributed by atoms with Crippen molar-refractivity contribution in [3.63, 3.8) is 0 Å². The number of hydrogen-bond acceptors (Lipinski definition) is 2. The number of nitrogens with one attached hydrogen (secondary N) is 2. The number of carbonyl (C=O) groups is 1. The predicted molar refractivity (Wildman–Crippen MR) is 67.6 cm³/mol. The molecule has 16 heavy (non-hydrogen) atoms. The maximum atomic E-state index is 11.5. The first-order valence-electron chi connectivity index (χ1n) is 5.34. The average Bonchev–Trinajstić information content (AvgIpc) is 2.12. The van der Waals surface area contributed by atoms with Gasteiger partial charge in [-0.3, -0.25) is 0 Å². The number of urea groups is 1. The Hall–Kier alpha value is -1.71. The minimum absolute atomic E-state index is 0.104. The fraction of sp³-hybridized carbons (Fsp3) is 0.417. The van der Waals surface area contributed by atoms with E-state index in [0.717, 1.165) is 11.1 Å². The summed E-state index contributed by atoms with van der Waals surface area (Å²) in [5, 5.41) is 5.48. The summed E-state index contributed by atoms with van der Waals surface area (Å²) in [6.45, 7) is 7.79. The zero-order valence-corrected chi connectivity index (χ0v) is 10.2. The van der Waals surface area contributed by atoms with Gasteiger partial charge in [0.1, 0.15) is 0 Å². The van der Waals surface area contributed by atoms with E-state index in [9.17, 15) is 4.79 Å². The van der Waals surface area contributed by atoms with Gasteiger partial charge in [-0.1, -0.05) is 0 Å². The van der Waals surface area contributed by atoms with Crippen molar-refractivity contribution in [2.75, 3.05) is 11.1 Å². The highest BCUT2D eigenvalue weighted by Gasteiger charge is 2.07. The first-order chi connectivity index (χ1) is 7.40. The molecule has 0 saturated carbocycles. The van der Waals surface area contributed by atoms with Gasteiger partial charge in [0.25, 0.3) is 0 Å². The lowest BCUT2D eigenvalue weighted by Gasteiger charge is -2.13. The van der Waals surface area contributed by atoms with E-state index in [1.54, 1.807) is 0 Å². The fourth-order valence-corrected chi connectivity index (χ4v) is 1.37. The summed E-state index contributed by atoms with van der Waals surface area (Å²) in [5.74, 6) is 0. The standard InChI is InChI=1S/C12H19N3O/c1-7(2)14-12(16)15-11-6-9(4)8(3)5-10(11)13/h5-7H,13H2,1-4H3,(H2,14,15,16). The number of rotatable bonds is 2. The lowest BCUT2D eigenvalue weighted by atomic mass is 10.1. The molecule has 0 atom stereocenters.